The van der Waals surface area contributed by atoms with E-state index < -0.39 is 10.0 Å². The fraction of sp³-hybridized carbons (Fsp3) is 0.125. The smallest absolute Gasteiger partial charge is 0.257 e. The molecule has 1 aromatic carbocycles. The number of hydrazone groups is 1. The van der Waals surface area contributed by atoms with E-state index >= 15 is 0 Å². The number of hydrogen-bond acceptors (Lipinski definition) is 4. The first kappa shape index (κ1) is 9.17. The summed E-state index contributed by atoms with van der Waals surface area (Å²) in [6, 6.07) is 7.12. The van der Waals surface area contributed by atoms with Crippen molar-refractivity contribution in [2.24, 2.45) is 10.2 Å². The predicted octanol–water partition coefficient (Wildman–Crippen LogP) is -0.260. The van der Waals surface area contributed by atoms with Crippen LogP contribution in [0.25, 0.3) is 0 Å². The van der Waals surface area contributed by atoms with Crippen molar-refractivity contribution in [2.75, 3.05) is 0 Å². The van der Waals surface area contributed by atoms with Gasteiger partial charge in [0.15, 0.2) is 5.04 Å². The molecule has 0 atom stereocenters. The molecule has 0 radical (unpaired) electrons. The van der Waals surface area contributed by atoms with Crippen LogP contribution >= 0.6 is 0 Å². The van der Waals surface area contributed by atoms with Gasteiger partial charge in [-0.1, -0.05) is 24.3 Å². The zero-order chi connectivity index (χ0) is 10.2. The Bertz CT molecular complexity index is 493. The Kier molecular flexibility index (Phi) is 2.01. The van der Waals surface area contributed by atoms with E-state index in [1.165, 1.54) is 0 Å². The molecule has 3 N–H and O–H groups in total. The van der Waals surface area contributed by atoms with E-state index in [1.54, 1.807) is 12.1 Å². The number of sulfonamides is 1. The van der Waals surface area contributed by atoms with Crippen molar-refractivity contribution < 1.29 is 8.42 Å². The molecule has 74 valence electrons. The minimum atomic E-state index is -3.75. The van der Waals surface area contributed by atoms with Crippen molar-refractivity contribution in [1.82, 2.24) is 5.43 Å². The van der Waals surface area contributed by atoms with Gasteiger partial charge in [0.25, 0.3) is 10.0 Å². The summed E-state index contributed by atoms with van der Waals surface area (Å²) in [5.41, 5.74) is 4.08. The summed E-state index contributed by atoms with van der Waals surface area (Å²) in [6.07, 6.45) is 0. The lowest BCUT2D eigenvalue weighted by Crippen LogP contribution is -2.31. The van der Waals surface area contributed by atoms with E-state index in [0.717, 1.165) is 5.56 Å². The van der Waals surface area contributed by atoms with Gasteiger partial charge in [-0.05, 0) is 5.56 Å². The maximum Gasteiger partial charge on any atom is 0.257 e. The third kappa shape index (κ3) is 1.49. The van der Waals surface area contributed by atoms with Gasteiger partial charge in [-0.2, -0.15) is 5.10 Å². The first-order valence-corrected chi connectivity index (χ1v) is 5.55. The van der Waals surface area contributed by atoms with Crippen molar-refractivity contribution in [3.8, 4) is 0 Å². The monoisotopic (exact) mass is 211 g/mol. The molecule has 0 saturated heterocycles. The number of hydrogen-bond donors (Lipinski definition) is 2. The Balaban J connectivity index is 2.62. The summed E-state index contributed by atoms with van der Waals surface area (Å²) >= 11 is 0. The summed E-state index contributed by atoms with van der Waals surface area (Å²) in [6.45, 7) is 0.523. The number of benzene rings is 1. The minimum Gasteiger partial charge on any atom is -0.304 e. The molecular weight excluding hydrogens is 202 g/mol. The quantitative estimate of drug-likeness (QED) is 0.620. The molecular formula is C8H9N3O2S. The Morgan fingerprint density at radius 3 is 2.79 bits per heavy atom. The molecule has 2 rings (SSSR count). The highest BCUT2D eigenvalue weighted by Gasteiger charge is 2.22. The van der Waals surface area contributed by atoms with Crippen LogP contribution in [0, 0.1) is 0 Å². The van der Waals surface area contributed by atoms with Crippen LogP contribution in [0.15, 0.2) is 29.4 Å². The highest BCUT2D eigenvalue weighted by Crippen LogP contribution is 2.15. The van der Waals surface area contributed by atoms with Crippen LogP contribution in [-0.2, 0) is 16.6 Å². The predicted molar refractivity (Wildman–Crippen MR) is 52.9 cm³/mol. The maximum atomic E-state index is 11.2. The summed E-state index contributed by atoms with van der Waals surface area (Å²) in [7, 11) is -3.75. The summed E-state index contributed by atoms with van der Waals surface area (Å²) in [5, 5.41) is 8.62. The van der Waals surface area contributed by atoms with E-state index in [2.05, 4.69) is 10.5 Å². The van der Waals surface area contributed by atoms with Crippen molar-refractivity contribution in [2.45, 2.75) is 6.54 Å². The van der Waals surface area contributed by atoms with Gasteiger partial charge in [-0.25, -0.2) is 13.6 Å². The van der Waals surface area contributed by atoms with Crippen molar-refractivity contribution >= 4 is 15.1 Å². The summed E-state index contributed by atoms with van der Waals surface area (Å²) < 4.78 is 22.3. The SMILES string of the molecule is NS(=O)(=O)C1=NNCc2ccccc21. The van der Waals surface area contributed by atoms with Crippen LogP contribution in [0.2, 0.25) is 0 Å². The molecule has 1 aromatic rings. The van der Waals surface area contributed by atoms with Crippen LogP contribution in [0.5, 0.6) is 0 Å². The van der Waals surface area contributed by atoms with Crippen molar-refractivity contribution in [1.29, 1.82) is 0 Å². The highest BCUT2D eigenvalue weighted by atomic mass is 32.2. The molecule has 6 heteroatoms. The van der Waals surface area contributed by atoms with Gasteiger partial charge >= 0.3 is 0 Å². The molecule has 0 aromatic heterocycles. The van der Waals surface area contributed by atoms with E-state index in [0.29, 0.717) is 12.1 Å². The Hall–Kier alpha value is -1.40. The Labute approximate surface area is 81.7 Å². The first-order valence-electron chi connectivity index (χ1n) is 4.00. The van der Waals surface area contributed by atoms with Crippen molar-refractivity contribution in [3.05, 3.63) is 35.4 Å². The number of primary sulfonamides is 1. The fourth-order valence-corrected chi connectivity index (χ4v) is 2.05. The zero-order valence-corrected chi connectivity index (χ0v) is 8.08. The molecule has 1 heterocycles. The third-order valence-electron chi connectivity index (χ3n) is 1.97. The Morgan fingerprint density at radius 2 is 2.07 bits per heavy atom. The second-order valence-electron chi connectivity index (χ2n) is 2.95. The lowest BCUT2D eigenvalue weighted by molar-refractivity contribution is 0.607. The van der Waals surface area contributed by atoms with Gasteiger partial charge in [0.1, 0.15) is 0 Å². The molecule has 1 aliphatic heterocycles. The maximum absolute atomic E-state index is 11.2. The first-order chi connectivity index (χ1) is 6.59. The second-order valence-corrected chi connectivity index (χ2v) is 4.43. The fourth-order valence-electron chi connectivity index (χ4n) is 1.36. The van der Waals surface area contributed by atoms with E-state index in [1.807, 2.05) is 12.1 Å². The standard InChI is InChI=1S/C8H9N3O2S/c9-14(12,13)8-7-4-2-1-3-6(7)5-10-11-8/h1-4,10H,5H2,(H2,9,12,13). The van der Waals surface area contributed by atoms with Crippen molar-refractivity contribution in [3.63, 3.8) is 0 Å². The van der Waals surface area contributed by atoms with E-state index in [4.69, 9.17) is 5.14 Å². The second kappa shape index (κ2) is 3.07. The third-order valence-corrected chi connectivity index (χ3v) is 2.82. The molecule has 0 bridgehead atoms. The Morgan fingerprint density at radius 1 is 1.36 bits per heavy atom. The van der Waals surface area contributed by atoms with Crippen LogP contribution in [0.1, 0.15) is 11.1 Å². The normalized spacial score (nSPS) is 15.4. The topological polar surface area (TPSA) is 84.6 Å². The van der Waals surface area contributed by atoms with Crippen LogP contribution in [0.4, 0.5) is 0 Å². The van der Waals surface area contributed by atoms with Crippen LogP contribution in [-0.4, -0.2) is 13.5 Å². The number of rotatable bonds is 0. The van der Waals surface area contributed by atoms with Gasteiger partial charge in [0, 0.05) is 5.56 Å². The summed E-state index contributed by atoms with van der Waals surface area (Å²) in [4.78, 5) is 0. The van der Waals surface area contributed by atoms with Gasteiger partial charge in [-0.3, -0.25) is 0 Å². The number of fused-ring (bicyclic) bond motifs is 1. The summed E-state index contributed by atoms with van der Waals surface area (Å²) in [5.74, 6) is 0. The van der Waals surface area contributed by atoms with Gasteiger partial charge in [0.05, 0.1) is 6.54 Å². The molecule has 0 spiro atoms. The largest absolute Gasteiger partial charge is 0.304 e. The van der Waals surface area contributed by atoms with Gasteiger partial charge in [-0.15, -0.1) is 0 Å². The molecule has 0 amide bonds. The number of nitrogens with two attached hydrogens (primary N) is 1. The number of nitrogens with zero attached hydrogens (tertiary/aromatic N) is 1. The lowest BCUT2D eigenvalue weighted by atomic mass is 10.1. The van der Waals surface area contributed by atoms with Crippen LogP contribution in [0.3, 0.4) is 0 Å². The van der Waals surface area contributed by atoms with E-state index in [9.17, 15) is 8.42 Å². The molecule has 5 nitrogen and oxygen atoms in total. The molecule has 0 saturated carbocycles. The molecule has 14 heavy (non-hydrogen) atoms. The molecule has 0 aliphatic carbocycles. The molecule has 1 aliphatic rings. The van der Waals surface area contributed by atoms with Crippen LogP contribution < -0.4 is 10.6 Å². The van der Waals surface area contributed by atoms with Gasteiger partial charge in [0.2, 0.25) is 0 Å². The average Bonchev–Trinajstić information content (AvgIpc) is 2.15. The van der Waals surface area contributed by atoms with E-state index in [-0.39, 0.29) is 5.04 Å². The average molecular weight is 211 g/mol. The highest BCUT2D eigenvalue weighted by molar-refractivity contribution is 8.05. The number of nitrogens with one attached hydrogen (secondary N) is 1. The molecule has 0 fully saturated rings. The zero-order valence-electron chi connectivity index (χ0n) is 7.27. The van der Waals surface area contributed by atoms with Gasteiger partial charge < -0.3 is 5.43 Å². The lowest BCUT2D eigenvalue weighted by Gasteiger charge is -2.15. The molecule has 0 unspecified atom stereocenters. The minimum absolute atomic E-state index is 0.0978.